The molecule has 19 heavy (non-hydrogen) atoms. The molecule has 0 aliphatic heterocycles. The summed E-state index contributed by atoms with van der Waals surface area (Å²) in [5.74, 6) is 0.933. The fourth-order valence-electron chi connectivity index (χ4n) is 2.61. The highest BCUT2D eigenvalue weighted by Gasteiger charge is 2.13. The van der Waals surface area contributed by atoms with Gasteiger partial charge in [-0.1, -0.05) is 31.4 Å². The Hall–Kier alpha value is -0.730. The molecule has 0 spiro atoms. The van der Waals surface area contributed by atoms with Crippen LogP contribution in [0.15, 0.2) is 18.2 Å². The second-order valence-corrected chi connectivity index (χ2v) is 5.65. The van der Waals surface area contributed by atoms with E-state index in [0.717, 1.165) is 48.4 Å². The van der Waals surface area contributed by atoms with Gasteiger partial charge in [-0.2, -0.15) is 0 Å². The van der Waals surface area contributed by atoms with Crippen LogP contribution in [0.2, 0.25) is 5.02 Å². The minimum absolute atomic E-state index is 0.752. The zero-order chi connectivity index (χ0) is 13.5. The molecule has 2 nitrogen and oxygen atoms in total. The second kappa shape index (κ2) is 7.76. The molecule has 0 radical (unpaired) electrons. The van der Waals surface area contributed by atoms with Crippen molar-refractivity contribution in [3.05, 3.63) is 28.8 Å². The van der Waals surface area contributed by atoms with Gasteiger partial charge in [-0.25, -0.2) is 0 Å². The van der Waals surface area contributed by atoms with Crippen LogP contribution in [-0.4, -0.2) is 19.2 Å². The fourth-order valence-corrected chi connectivity index (χ4v) is 2.86. The summed E-state index contributed by atoms with van der Waals surface area (Å²) in [7, 11) is 0. The van der Waals surface area contributed by atoms with Crippen molar-refractivity contribution in [2.45, 2.75) is 51.5 Å². The predicted octanol–water partition coefficient (Wildman–Crippen LogP) is 4.20. The van der Waals surface area contributed by atoms with Gasteiger partial charge in [0.25, 0.3) is 0 Å². The lowest BCUT2D eigenvalue weighted by atomic mass is 10.1. The lowest BCUT2D eigenvalue weighted by Crippen LogP contribution is -2.27. The Morgan fingerprint density at radius 2 is 2.11 bits per heavy atom. The van der Waals surface area contributed by atoms with Crippen LogP contribution >= 0.6 is 11.6 Å². The Bertz CT molecular complexity index is 388. The molecule has 1 saturated carbocycles. The van der Waals surface area contributed by atoms with Gasteiger partial charge in [0, 0.05) is 11.1 Å². The van der Waals surface area contributed by atoms with Crippen LogP contribution in [0.4, 0.5) is 0 Å². The van der Waals surface area contributed by atoms with Crippen LogP contribution in [0.3, 0.4) is 0 Å². The highest BCUT2D eigenvalue weighted by molar-refractivity contribution is 6.31. The zero-order valence-electron chi connectivity index (χ0n) is 11.8. The summed E-state index contributed by atoms with van der Waals surface area (Å²) < 4.78 is 5.77. The summed E-state index contributed by atoms with van der Waals surface area (Å²) in [6.45, 7) is 3.93. The van der Waals surface area contributed by atoms with E-state index < -0.39 is 0 Å². The van der Waals surface area contributed by atoms with Crippen molar-refractivity contribution < 1.29 is 4.74 Å². The van der Waals surface area contributed by atoms with Gasteiger partial charge >= 0.3 is 0 Å². The Balaban J connectivity index is 1.64. The van der Waals surface area contributed by atoms with Crippen LogP contribution < -0.4 is 10.1 Å². The van der Waals surface area contributed by atoms with Crippen molar-refractivity contribution in [3.63, 3.8) is 0 Å². The molecular formula is C16H24ClNO. The minimum Gasteiger partial charge on any atom is -0.494 e. The van der Waals surface area contributed by atoms with Crippen molar-refractivity contribution in [2.75, 3.05) is 13.2 Å². The molecule has 1 N–H and O–H groups in total. The van der Waals surface area contributed by atoms with Crippen LogP contribution in [0.1, 0.15) is 44.6 Å². The van der Waals surface area contributed by atoms with E-state index in [4.69, 9.17) is 16.3 Å². The molecule has 0 unspecified atom stereocenters. The summed E-state index contributed by atoms with van der Waals surface area (Å²) in [5, 5.41) is 4.43. The molecule has 1 aromatic carbocycles. The standard InChI is InChI=1S/C16H24ClNO/c1-2-13-12-15(8-9-16(13)17)19-11-5-10-18-14-6-3-4-7-14/h8-9,12,14,18H,2-7,10-11H2,1H3. The monoisotopic (exact) mass is 281 g/mol. The molecular weight excluding hydrogens is 258 g/mol. The SMILES string of the molecule is CCc1cc(OCCCNC2CCCC2)ccc1Cl. The van der Waals surface area contributed by atoms with Crippen molar-refractivity contribution in [3.8, 4) is 5.75 Å². The quantitative estimate of drug-likeness (QED) is 0.756. The smallest absolute Gasteiger partial charge is 0.119 e. The van der Waals surface area contributed by atoms with E-state index in [1.165, 1.54) is 25.7 Å². The van der Waals surface area contributed by atoms with E-state index in [1.54, 1.807) is 0 Å². The Morgan fingerprint density at radius 1 is 1.32 bits per heavy atom. The summed E-state index contributed by atoms with van der Waals surface area (Å²) >= 11 is 6.09. The van der Waals surface area contributed by atoms with E-state index in [2.05, 4.69) is 12.2 Å². The molecule has 0 atom stereocenters. The topological polar surface area (TPSA) is 21.3 Å². The molecule has 3 heteroatoms. The maximum absolute atomic E-state index is 6.09. The first-order chi connectivity index (χ1) is 9.29. The van der Waals surface area contributed by atoms with E-state index in [0.29, 0.717) is 0 Å². The molecule has 1 aliphatic carbocycles. The number of rotatable bonds is 7. The Morgan fingerprint density at radius 3 is 2.84 bits per heavy atom. The van der Waals surface area contributed by atoms with E-state index in [9.17, 15) is 0 Å². The highest BCUT2D eigenvalue weighted by Crippen LogP contribution is 2.22. The van der Waals surface area contributed by atoms with Gasteiger partial charge in [0.15, 0.2) is 0 Å². The molecule has 0 heterocycles. The fraction of sp³-hybridized carbons (Fsp3) is 0.625. The average molecular weight is 282 g/mol. The number of benzene rings is 1. The maximum Gasteiger partial charge on any atom is 0.119 e. The van der Waals surface area contributed by atoms with Crippen LogP contribution in [0.25, 0.3) is 0 Å². The van der Waals surface area contributed by atoms with Crippen LogP contribution in [0, 0.1) is 0 Å². The summed E-state index contributed by atoms with van der Waals surface area (Å²) in [6.07, 6.45) is 7.47. The van der Waals surface area contributed by atoms with E-state index in [-0.39, 0.29) is 0 Å². The van der Waals surface area contributed by atoms with Crippen molar-refractivity contribution in [1.29, 1.82) is 0 Å². The van der Waals surface area contributed by atoms with Gasteiger partial charge < -0.3 is 10.1 Å². The van der Waals surface area contributed by atoms with Gasteiger partial charge in [-0.3, -0.25) is 0 Å². The third kappa shape index (κ3) is 4.70. The van der Waals surface area contributed by atoms with Crippen molar-refractivity contribution in [1.82, 2.24) is 5.32 Å². The van der Waals surface area contributed by atoms with Gasteiger partial charge in [0.05, 0.1) is 6.61 Å². The number of halogens is 1. The first-order valence-corrected chi connectivity index (χ1v) is 7.82. The molecule has 106 valence electrons. The molecule has 1 aliphatic rings. The first-order valence-electron chi connectivity index (χ1n) is 7.44. The van der Waals surface area contributed by atoms with E-state index in [1.807, 2.05) is 18.2 Å². The second-order valence-electron chi connectivity index (χ2n) is 5.24. The largest absolute Gasteiger partial charge is 0.494 e. The number of hydrogen-bond acceptors (Lipinski definition) is 2. The van der Waals surface area contributed by atoms with Crippen molar-refractivity contribution >= 4 is 11.6 Å². The molecule has 0 amide bonds. The average Bonchev–Trinajstić information content (AvgIpc) is 2.93. The number of nitrogens with one attached hydrogen (secondary N) is 1. The lowest BCUT2D eigenvalue weighted by molar-refractivity contribution is 0.304. The molecule has 1 fully saturated rings. The van der Waals surface area contributed by atoms with E-state index >= 15 is 0 Å². The van der Waals surface area contributed by atoms with Crippen molar-refractivity contribution in [2.24, 2.45) is 0 Å². The summed E-state index contributed by atoms with van der Waals surface area (Å²) in [6, 6.07) is 6.67. The van der Waals surface area contributed by atoms with Gasteiger partial charge in [0.1, 0.15) is 5.75 Å². The zero-order valence-corrected chi connectivity index (χ0v) is 12.5. The van der Waals surface area contributed by atoms with Gasteiger partial charge in [0.2, 0.25) is 0 Å². The molecule has 2 rings (SSSR count). The first kappa shape index (κ1) is 14.7. The third-order valence-electron chi connectivity index (χ3n) is 3.78. The number of aryl methyl sites for hydroxylation is 1. The maximum atomic E-state index is 6.09. The highest BCUT2D eigenvalue weighted by atomic mass is 35.5. The lowest BCUT2D eigenvalue weighted by Gasteiger charge is -2.12. The molecule has 0 bridgehead atoms. The summed E-state index contributed by atoms with van der Waals surface area (Å²) in [5.41, 5.74) is 1.16. The third-order valence-corrected chi connectivity index (χ3v) is 4.14. The minimum atomic E-state index is 0.752. The van der Waals surface area contributed by atoms with Gasteiger partial charge in [-0.05, 0) is 56.0 Å². The Labute approximate surface area is 121 Å². The van der Waals surface area contributed by atoms with Crippen LogP contribution in [0.5, 0.6) is 5.75 Å². The van der Waals surface area contributed by atoms with Gasteiger partial charge in [-0.15, -0.1) is 0 Å². The number of hydrogen-bond donors (Lipinski definition) is 1. The number of ether oxygens (including phenoxy) is 1. The molecule has 0 saturated heterocycles. The molecule has 0 aromatic heterocycles. The predicted molar refractivity (Wildman–Crippen MR) is 81.2 cm³/mol. The molecule has 1 aromatic rings. The summed E-state index contributed by atoms with van der Waals surface area (Å²) in [4.78, 5) is 0. The Kier molecular flexibility index (Phi) is 5.99. The normalized spacial score (nSPS) is 15.9. The van der Waals surface area contributed by atoms with Crippen LogP contribution in [-0.2, 0) is 6.42 Å².